The van der Waals surface area contributed by atoms with Crippen LogP contribution in [0.3, 0.4) is 0 Å². The second kappa shape index (κ2) is 6.02. The number of carboxylic acids is 1. The second-order valence-corrected chi connectivity index (χ2v) is 4.02. The maximum atomic E-state index is 11.4. The Balaban J connectivity index is 2.27. The van der Waals surface area contributed by atoms with Gasteiger partial charge in [-0.2, -0.15) is 0 Å². The highest BCUT2D eigenvalue weighted by Gasteiger charge is 2.09. The van der Waals surface area contributed by atoms with Crippen molar-refractivity contribution in [1.82, 2.24) is 5.32 Å². The van der Waals surface area contributed by atoms with Crippen LogP contribution in [0.5, 0.6) is 0 Å². The van der Waals surface area contributed by atoms with E-state index in [1.807, 2.05) is 0 Å². The summed E-state index contributed by atoms with van der Waals surface area (Å²) in [6, 6.07) is 3.43. The molecule has 1 aromatic heterocycles. The highest BCUT2D eigenvalue weighted by molar-refractivity contribution is 7.12. The molecule has 0 unspecified atom stereocenters. The van der Waals surface area contributed by atoms with Crippen LogP contribution in [0.4, 0.5) is 0 Å². The summed E-state index contributed by atoms with van der Waals surface area (Å²) in [5.41, 5.74) is 0. The normalized spacial score (nSPS) is 9.75. The summed E-state index contributed by atoms with van der Waals surface area (Å²) in [6.45, 7) is -0.0844. The van der Waals surface area contributed by atoms with Crippen LogP contribution in [-0.4, -0.2) is 29.3 Å². The maximum Gasteiger partial charge on any atom is 0.303 e. The minimum atomic E-state index is -1.03. The van der Waals surface area contributed by atoms with Crippen LogP contribution in [-0.2, 0) is 9.59 Å². The van der Waals surface area contributed by atoms with E-state index in [4.69, 9.17) is 5.11 Å². The van der Waals surface area contributed by atoms with Gasteiger partial charge in [-0.15, -0.1) is 11.3 Å². The summed E-state index contributed by atoms with van der Waals surface area (Å²) >= 11 is 1.31. The van der Waals surface area contributed by atoms with Crippen LogP contribution in [0, 0.1) is 0 Å². The van der Waals surface area contributed by atoms with Gasteiger partial charge in [0.25, 0.3) is 0 Å². The van der Waals surface area contributed by atoms with Crippen LogP contribution >= 0.6 is 11.3 Å². The first-order chi connectivity index (χ1) is 7.59. The molecule has 0 bridgehead atoms. The van der Waals surface area contributed by atoms with E-state index in [1.54, 1.807) is 17.5 Å². The lowest BCUT2D eigenvalue weighted by Gasteiger charge is -2.01. The first-order valence-corrected chi connectivity index (χ1v) is 5.53. The summed E-state index contributed by atoms with van der Waals surface area (Å²) in [5, 5.41) is 12.5. The van der Waals surface area contributed by atoms with Crippen molar-refractivity contribution in [3.05, 3.63) is 22.4 Å². The number of Topliss-reactive ketones (excluding diaryl/α,β-unsaturated/α-hetero) is 1. The molecule has 2 N–H and O–H groups in total. The SMILES string of the molecule is O=C(O)CCC(=O)NCC(=O)c1cccs1. The molecule has 86 valence electrons. The van der Waals surface area contributed by atoms with Gasteiger partial charge in [0.05, 0.1) is 17.8 Å². The first-order valence-electron chi connectivity index (χ1n) is 4.65. The van der Waals surface area contributed by atoms with Crippen molar-refractivity contribution in [3.63, 3.8) is 0 Å². The lowest BCUT2D eigenvalue weighted by Crippen LogP contribution is -2.29. The average Bonchev–Trinajstić information content (AvgIpc) is 2.76. The number of nitrogens with one attached hydrogen (secondary N) is 1. The van der Waals surface area contributed by atoms with Crippen molar-refractivity contribution in [2.75, 3.05) is 6.54 Å². The lowest BCUT2D eigenvalue weighted by atomic mass is 10.3. The fourth-order valence-electron chi connectivity index (χ4n) is 1.01. The van der Waals surface area contributed by atoms with Gasteiger partial charge < -0.3 is 10.4 Å². The third-order valence-corrected chi connectivity index (χ3v) is 2.72. The van der Waals surface area contributed by atoms with Gasteiger partial charge in [0.15, 0.2) is 5.78 Å². The molecule has 1 rings (SSSR count). The third kappa shape index (κ3) is 4.22. The molecule has 0 atom stereocenters. The first kappa shape index (κ1) is 12.4. The zero-order valence-electron chi connectivity index (χ0n) is 8.43. The number of carboxylic acid groups (broad SMARTS) is 1. The topological polar surface area (TPSA) is 83.5 Å². The van der Waals surface area contributed by atoms with Gasteiger partial charge in [0.1, 0.15) is 0 Å². The molecule has 0 aliphatic rings. The third-order valence-electron chi connectivity index (χ3n) is 1.81. The quantitative estimate of drug-likeness (QED) is 0.725. The Labute approximate surface area is 96.1 Å². The maximum absolute atomic E-state index is 11.4. The largest absolute Gasteiger partial charge is 0.481 e. The molecule has 0 radical (unpaired) electrons. The molecule has 0 saturated carbocycles. The Morgan fingerprint density at radius 1 is 1.31 bits per heavy atom. The summed E-state index contributed by atoms with van der Waals surface area (Å²) in [4.78, 5) is 33.3. The Kier molecular flexibility index (Phi) is 4.65. The molecule has 0 saturated heterocycles. The number of ketones is 1. The second-order valence-electron chi connectivity index (χ2n) is 3.07. The van der Waals surface area contributed by atoms with E-state index in [0.29, 0.717) is 4.88 Å². The van der Waals surface area contributed by atoms with Gasteiger partial charge >= 0.3 is 5.97 Å². The van der Waals surface area contributed by atoms with Crippen LogP contribution in [0.25, 0.3) is 0 Å². The number of amides is 1. The van der Waals surface area contributed by atoms with E-state index < -0.39 is 11.9 Å². The predicted octanol–water partition coefficient (Wildman–Crippen LogP) is 0.912. The number of aliphatic carboxylic acids is 1. The number of hydrogen-bond donors (Lipinski definition) is 2. The lowest BCUT2D eigenvalue weighted by molar-refractivity contribution is -0.138. The van der Waals surface area contributed by atoms with Gasteiger partial charge in [-0.3, -0.25) is 14.4 Å². The molecular formula is C10H11NO4S. The molecule has 1 aromatic rings. The van der Waals surface area contributed by atoms with E-state index in [9.17, 15) is 14.4 Å². The van der Waals surface area contributed by atoms with E-state index >= 15 is 0 Å². The molecule has 0 spiro atoms. The smallest absolute Gasteiger partial charge is 0.303 e. The summed E-state index contributed by atoms with van der Waals surface area (Å²) in [5.74, 6) is -1.62. The Bertz CT molecular complexity index is 386. The number of hydrogen-bond acceptors (Lipinski definition) is 4. The molecule has 1 heterocycles. The van der Waals surface area contributed by atoms with Gasteiger partial charge in [0.2, 0.25) is 5.91 Å². The van der Waals surface area contributed by atoms with Crippen molar-refractivity contribution in [2.24, 2.45) is 0 Å². The Morgan fingerprint density at radius 3 is 2.62 bits per heavy atom. The Hall–Kier alpha value is -1.69. The molecule has 16 heavy (non-hydrogen) atoms. The summed E-state index contributed by atoms with van der Waals surface area (Å²) in [7, 11) is 0. The number of carbonyl (C=O) groups is 3. The number of carbonyl (C=O) groups excluding carboxylic acids is 2. The predicted molar refractivity (Wildman–Crippen MR) is 58.5 cm³/mol. The van der Waals surface area contributed by atoms with E-state index in [2.05, 4.69) is 5.32 Å². The fourth-order valence-corrected chi connectivity index (χ4v) is 1.68. The standard InChI is InChI=1S/C10H11NO4S/c12-7(8-2-1-5-16-8)6-11-9(13)3-4-10(14)15/h1-2,5H,3-4,6H2,(H,11,13)(H,14,15). The minimum Gasteiger partial charge on any atom is -0.481 e. The monoisotopic (exact) mass is 241 g/mol. The highest BCUT2D eigenvalue weighted by Crippen LogP contribution is 2.08. The summed E-state index contributed by atoms with van der Waals surface area (Å²) in [6.07, 6.45) is -0.327. The molecule has 0 aliphatic heterocycles. The van der Waals surface area contributed by atoms with Crippen LogP contribution < -0.4 is 5.32 Å². The van der Waals surface area contributed by atoms with Crippen LogP contribution in [0.15, 0.2) is 17.5 Å². The van der Waals surface area contributed by atoms with E-state index in [-0.39, 0.29) is 25.2 Å². The zero-order chi connectivity index (χ0) is 12.0. The van der Waals surface area contributed by atoms with Crippen LogP contribution in [0.1, 0.15) is 22.5 Å². The zero-order valence-corrected chi connectivity index (χ0v) is 9.25. The van der Waals surface area contributed by atoms with Gasteiger partial charge in [-0.1, -0.05) is 6.07 Å². The summed E-state index contributed by atoms with van der Waals surface area (Å²) < 4.78 is 0. The van der Waals surface area contributed by atoms with Crippen molar-refractivity contribution in [2.45, 2.75) is 12.8 Å². The number of thiophene rings is 1. The van der Waals surface area contributed by atoms with Gasteiger partial charge in [0, 0.05) is 6.42 Å². The molecule has 6 heteroatoms. The average molecular weight is 241 g/mol. The number of rotatable bonds is 6. The van der Waals surface area contributed by atoms with Crippen molar-refractivity contribution in [1.29, 1.82) is 0 Å². The van der Waals surface area contributed by atoms with Gasteiger partial charge in [-0.25, -0.2) is 0 Å². The van der Waals surface area contributed by atoms with Crippen molar-refractivity contribution in [3.8, 4) is 0 Å². The van der Waals surface area contributed by atoms with Crippen LogP contribution in [0.2, 0.25) is 0 Å². The van der Waals surface area contributed by atoms with E-state index in [1.165, 1.54) is 11.3 Å². The molecule has 5 nitrogen and oxygen atoms in total. The molecule has 0 aliphatic carbocycles. The minimum absolute atomic E-state index is 0.0844. The Morgan fingerprint density at radius 2 is 2.06 bits per heavy atom. The van der Waals surface area contributed by atoms with Gasteiger partial charge in [-0.05, 0) is 11.4 Å². The molecular weight excluding hydrogens is 230 g/mol. The van der Waals surface area contributed by atoms with Crippen molar-refractivity contribution >= 4 is 29.0 Å². The molecule has 1 amide bonds. The molecule has 0 fully saturated rings. The van der Waals surface area contributed by atoms with E-state index in [0.717, 1.165) is 0 Å². The van der Waals surface area contributed by atoms with Crippen molar-refractivity contribution < 1.29 is 19.5 Å². The molecule has 0 aromatic carbocycles. The highest BCUT2D eigenvalue weighted by atomic mass is 32.1. The fraction of sp³-hybridized carbons (Fsp3) is 0.300.